The molecule has 15 heavy (non-hydrogen) atoms. The fraction of sp³-hybridized carbons (Fsp3) is 0.200. The SMILES string of the molecule is N#Cc1ccc(Cl)c(NC2=NCCS2)c1. The molecule has 1 aromatic carbocycles. The van der Waals surface area contributed by atoms with E-state index >= 15 is 0 Å². The topological polar surface area (TPSA) is 48.2 Å². The van der Waals surface area contributed by atoms with Gasteiger partial charge in [-0.2, -0.15) is 5.26 Å². The molecule has 0 aliphatic carbocycles. The Kier molecular flexibility index (Phi) is 3.14. The number of aliphatic imine (C=N–C) groups is 1. The number of anilines is 1. The molecule has 76 valence electrons. The van der Waals surface area contributed by atoms with Crippen LogP contribution in [0.25, 0.3) is 0 Å². The fourth-order valence-electron chi connectivity index (χ4n) is 1.22. The molecule has 1 aliphatic heterocycles. The number of rotatable bonds is 1. The molecular formula is C10H8ClN3S. The number of hydrogen-bond donors (Lipinski definition) is 1. The van der Waals surface area contributed by atoms with Crippen LogP contribution in [0.2, 0.25) is 5.02 Å². The van der Waals surface area contributed by atoms with E-state index in [0.717, 1.165) is 23.2 Å². The lowest BCUT2D eigenvalue weighted by molar-refractivity contribution is 1.17. The highest BCUT2D eigenvalue weighted by Gasteiger charge is 2.09. The zero-order valence-electron chi connectivity index (χ0n) is 7.83. The molecule has 5 heteroatoms. The van der Waals surface area contributed by atoms with E-state index in [1.807, 2.05) is 0 Å². The maximum atomic E-state index is 8.76. The van der Waals surface area contributed by atoms with E-state index in [9.17, 15) is 0 Å². The van der Waals surface area contributed by atoms with E-state index in [4.69, 9.17) is 16.9 Å². The zero-order chi connectivity index (χ0) is 10.7. The van der Waals surface area contributed by atoms with Crippen LogP contribution in [0.3, 0.4) is 0 Å². The van der Waals surface area contributed by atoms with Crippen LogP contribution >= 0.6 is 23.4 Å². The summed E-state index contributed by atoms with van der Waals surface area (Å²) in [6, 6.07) is 7.20. The molecule has 0 amide bonds. The highest BCUT2D eigenvalue weighted by atomic mass is 35.5. The van der Waals surface area contributed by atoms with Gasteiger partial charge in [-0.25, -0.2) is 0 Å². The summed E-state index contributed by atoms with van der Waals surface area (Å²) in [7, 11) is 0. The first kappa shape index (κ1) is 10.3. The molecule has 1 aromatic rings. The summed E-state index contributed by atoms with van der Waals surface area (Å²) >= 11 is 7.65. The molecule has 0 bridgehead atoms. The second kappa shape index (κ2) is 4.56. The standard InChI is InChI=1S/C10H8ClN3S/c11-8-2-1-7(6-12)5-9(8)14-10-13-3-4-15-10/h1-2,5H,3-4H2,(H,13,14). The lowest BCUT2D eigenvalue weighted by Crippen LogP contribution is -2.05. The number of nitrogens with zero attached hydrogens (tertiary/aromatic N) is 2. The molecule has 1 N–H and O–H groups in total. The van der Waals surface area contributed by atoms with Gasteiger partial charge in [-0.15, -0.1) is 0 Å². The number of nitrogens with one attached hydrogen (secondary N) is 1. The molecule has 0 saturated heterocycles. The van der Waals surface area contributed by atoms with Crippen molar-refractivity contribution in [1.29, 1.82) is 5.26 Å². The molecule has 0 unspecified atom stereocenters. The second-order valence-electron chi connectivity index (χ2n) is 2.97. The summed E-state index contributed by atoms with van der Waals surface area (Å²) in [5.41, 5.74) is 1.33. The van der Waals surface area contributed by atoms with Crippen molar-refractivity contribution in [2.24, 2.45) is 4.99 Å². The Labute approximate surface area is 97.1 Å². The van der Waals surface area contributed by atoms with Gasteiger partial charge in [0.05, 0.1) is 28.9 Å². The Morgan fingerprint density at radius 3 is 3.07 bits per heavy atom. The van der Waals surface area contributed by atoms with Crippen LogP contribution in [-0.2, 0) is 0 Å². The molecular weight excluding hydrogens is 230 g/mol. The Bertz CT molecular complexity index is 450. The summed E-state index contributed by atoms with van der Waals surface area (Å²) < 4.78 is 0. The van der Waals surface area contributed by atoms with E-state index in [-0.39, 0.29) is 0 Å². The van der Waals surface area contributed by atoms with Crippen LogP contribution in [0.15, 0.2) is 23.2 Å². The summed E-state index contributed by atoms with van der Waals surface area (Å²) in [5.74, 6) is 0.998. The van der Waals surface area contributed by atoms with Crippen molar-refractivity contribution in [3.8, 4) is 6.07 Å². The second-order valence-corrected chi connectivity index (χ2v) is 4.46. The van der Waals surface area contributed by atoms with Crippen molar-refractivity contribution in [3.05, 3.63) is 28.8 Å². The molecule has 0 spiro atoms. The van der Waals surface area contributed by atoms with Crippen molar-refractivity contribution in [1.82, 2.24) is 0 Å². The Morgan fingerprint density at radius 2 is 2.40 bits per heavy atom. The van der Waals surface area contributed by atoms with Crippen molar-refractivity contribution in [2.75, 3.05) is 17.6 Å². The summed E-state index contributed by atoms with van der Waals surface area (Å²) in [4.78, 5) is 4.25. The molecule has 1 heterocycles. The highest BCUT2D eigenvalue weighted by Crippen LogP contribution is 2.25. The lowest BCUT2D eigenvalue weighted by Gasteiger charge is -2.07. The van der Waals surface area contributed by atoms with E-state index in [0.29, 0.717) is 10.6 Å². The van der Waals surface area contributed by atoms with Crippen LogP contribution in [-0.4, -0.2) is 17.5 Å². The average molecular weight is 238 g/mol. The first-order valence-corrected chi connectivity index (χ1v) is 5.80. The van der Waals surface area contributed by atoms with Gasteiger partial charge in [0.25, 0.3) is 0 Å². The number of benzene rings is 1. The smallest absolute Gasteiger partial charge is 0.161 e. The molecule has 2 rings (SSSR count). The van der Waals surface area contributed by atoms with Crippen molar-refractivity contribution in [2.45, 2.75) is 0 Å². The third-order valence-electron chi connectivity index (χ3n) is 1.92. The maximum Gasteiger partial charge on any atom is 0.161 e. The third-order valence-corrected chi connectivity index (χ3v) is 3.14. The van der Waals surface area contributed by atoms with Gasteiger partial charge >= 0.3 is 0 Å². The Balaban J connectivity index is 2.23. The minimum Gasteiger partial charge on any atom is -0.334 e. The molecule has 0 atom stereocenters. The average Bonchev–Trinajstić information content (AvgIpc) is 2.74. The monoisotopic (exact) mass is 237 g/mol. The molecule has 0 radical (unpaired) electrons. The minimum atomic E-state index is 0.588. The number of amidine groups is 1. The predicted molar refractivity (Wildman–Crippen MR) is 64.5 cm³/mol. The van der Waals surface area contributed by atoms with Gasteiger partial charge in [0, 0.05) is 5.75 Å². The molecule has 0 fully saturated rings. The van der Waals surface area contributed by atoms with Crippen LogP contribution in [0.5, 0.6) is 0 Å². The van der Waals surface area contributed by atoms with Crippen LogP contribution in [0.1, 0.15) is 5.56 Å². The normalized spacial score (nSPS) is 14.5. The third kappa shape index (κ3) is 2.44. The molecule has 0 aromatic heterocycles. The van der Waals surface area contributed by atoms with E-state index in [1.54, 1.807) is 30.0 Å². The first-order valence-electron chi connectivity index (χ1n) is 4.43. The van der Waals surface area contributed by atoms with Gasteiger partial charge in [-0.3, -0.25) is 4.99 Å². The quantitative estimate of drug-likeness (QED) is 0.817. The number of hydrogen-bond acceptors (Lipinski definition) is 4. The van der Waals surface area contributed by atoms with Gasteiger partial charge in [0.15, 0.2) is 5.17 Å². The van der Waals surface area contributed by atoms with Crippen molar-refractivity contribution in [3.63, 3.8) is 0 Å². The summed E-state index contributed by atoms with van der Waals surface area (Å²) in [5, 5.41) is 13.3. The van der Waals surface area contributed by atoms with Crippen molar-refractivity contribution < 1.29 is 0 Å². The summed E-state index contributed by atoms with van der Waals surface area (Å²) in [6.45, 7) is 0.836. The van der Waals surface area contributed by atoms with Crippen molar-refractivity contribution >= 4 is 34.2 Å². The van der Waals surface area contributed by atoms with E-state index in [2.05, 4.69) is 16.4 Å². The lowest BCUT2D eigenvalue weighted by atomic mass is 10.2. The predicted octanol–water partition coefficient (Wildman–Crippen LogP) is 2.73. The zero-order valence-corrected chi connectivity index (χ0v) is 9.40. The number of halogens is 1. The minimum absolute atomic E-state index is 0.588. The Morgan fingerprint density at radius 1 is 1.53 bits per heavy atom. The number of nitriles is 1. The van der Waals surface area contributed by atoms with E-state index in [1.165, 1.54) is 0 Å². The van der Waals surface area contributed by atoms with Gasteiger partial charge in [0.1, 0.15) is 0 Å². The fourth-order valence-corrected chi connectivity index (χ4v) is 2.12. The highest BCUT2D eigenvalue weighted by molar-refractivity contribution is 8.14. The van der Waals surface area contributed by atoms with Crippen LogP contribution in [0.4, 0.5) is 5.69 Å². The van der Waals surface area contributed by atoms with Crippen LogP contribution < -0.4 is 5.32 Å². The molecule has 0 saturated carbocycles. The largest absolute Gasteiger partial charge is 0.334 e. The molecule has 1 aliphatic rings. The Hall–Kier alpha value is -1.18. The van der Waals surface area contributed by atoms with E-state index < -0.39 is 0 Å². The van der Waals surface area contributed by atoms with Gasteiger partial charge in [0.2, 0.25) is 0 Å². The van der Waals surface area contributed by atoms with Gasteiger partial charge in [-0.05, 0) is 18.2 Å². The number of thioether (sulfide) groups is 1. The summed E-state index contributed by atoms with van der Waals surface area (Å²) in [6.07, 6.45) is 0. The van der Waals surface area contributed by atoms with Gasteiger partial charge < -0.3 is 5.32 Å². The maximum absolute atomic E-state index is 8.76. The molecule has 3 nitrogen and oxygen atoms in total. The van der Waals surface area contributed by atoms with Gasteiger partial charge in [-0.1, -0.05) is 23.4 Å². The first-order chi connectivity index (χ1) is 7.29. The van der Waals surface area contributed by atoms with Crippen LogP contribution in [0, 0.1) is 11.3 Å².